The first kappa shape index (κ1) is 19.8. The monoisotopic (exact) mass is 374 g/mol. The lowest BCUT2D eigenvalue weighted by Crippen LogP contribution is -2.52. The van der Waals surface area contributed by atoms with Gasteiger partial charge in [-0.3, -0.25) is 19.5 Å². The third-order valence-corrected chi connectivity index (χ3v) is 5.64. The van der Waals surface area contributed by atoms with Gasteiger partial charge in [0.15, 0.2) is 0 Å². The normalized spacial score (nSPS) is 20.2. The Kier molecular flexibility index (Phi) is 6.79. The number of rotatable bonds is 6. The van der Waals surface area contributed by atoms with Crippen molar-refractivity contribution in [2.45, 2.75) is 57.5 Å². The van der Waals surface area contributed by atoms with Crippen molar-refractivity contribution in [1.29, 1.82) is 0 Å². The van der Waals surface area contributed by atoms with Crippen LogP contribution < -0.4 is 11.1 Å². The maximum atomic E-state index is 13.2. The van der Waals surface area contributed by atoms with E-state index in [9.17, 15) is 9.59 Å². The van der Waals surface area contributed by atoms with E-state index in [4.69, 9.17) is 10.5 Å². The lowest BCUT2D eigenvalue weighted by molar-refractivity contribution is 0.00824. The molecular formula is C20H30N4O3. The predicted molar refractivity (Wildman–Crippen MR) is 103 cm³/mol. The number of aromatic nitrogens is 1. The molecule has 1 unspecified atom stereocenters. The van der Waals surface area contributed by atoms with Crippen LogP contribution in [0.15, 0.2) is 12.3 Å². The van der Waals surface area contributed by atoms with Crippen molar-refractivity contribution in [2.24, 2.45) is 5.73 Å². The van der Waals surface area contributed by atoms with Gasteiger partial charge in [-0.1, -0.05) is 26.2 Å². The quantitative estimate of drug-likeness (QED) is 0.794. The highest BCUT2D eigenvalue weighted by Gasteiger charge is 2.29. The smallest absolute Gasteiger partial charge is 0.255 e. The number of pyridine rings is 1. The van der Waals surface area contributed by atoms with E-state index >= 15 is 0 Å². The van der Waals surface area contributed by atoms with Gasteiger partial charge in [-0.05, 0) is 25.3 Å². The van der Waals surface area contributed by atoms with Crippen LogP contribution in [0.3, 0.4) is 0 Å². The van der Waals surface area contributed by atoms with Crippen LogP contribution >= 0.6 is 0 Å². The molecule has 1 saturated heterocycles. The largest absolute Gasteiger partial charge is 0.379 e. The minimum atomic E-state index is -0.584. The lowest BCUT2D eigenvalue weighted by atomic mass is 9.84. The van der Waals surface area contributed by atoms with Crippen molar-refractivity contribution >= 4 is 11.8 Å². The van der Waals surface area contributed by atoms with E-state index in [1.54, 1.807) is 12.3 Å². The molecule has 2 heterocycles. The number of carbonyl (C=O) groups is 2. The van der Waals surface area contributed by atoms with Gasteiger partial charge in [0, 0.05) is 25.2 Å². The van der Waals surface area contributed by atoms with Gasteiger partial charge in [0.25, 0.3) is 5.91 Å². The summed E-state index contributed by atoms with van der Waals surface area (Å²) >= 11 is 0. The molecule has 0 spiro atoms. The van der Waals surface area contributed by atoms with Gasteiger partial charge in [0.2, 0.25) is 5.91 Å². The molecule has 1 aromatic rings. The maximum absolute atomic E-state index is 13.2. The van der Waals surface area contributed by atoms with Crippen molar-refractivity contribution in [1.82, 2.24) is 15.2 Å². The molecule has 7 heteroatoms. The van der Waals surface area contributed by atoms with Crippen LogP contribution in [-0.4, -0.2) is 54.2 Å². The van der Waals surface area contributed by atoms with Gasteiger partial charge in [0.1, 0.15) is 0 Å². The Morgan fingerprint density at radius 2 is 2.00 bits per heavy atom. The van der Waals surface area contributed by atoms with Gasteiger partial charge in [0.05, 0.1) is 36.2 Å². The topological polar surface area (TPSA) is 97.5 Å². The van der Waals surface area contributed by atoms with E-state index in [-0.39, 0.29) is 23.6 Å². The van der Waals surface area contributed by atoms with Gasteiger partial charge >= 0.3 is 0 Å². The molecule has 0 radical (unpaired) electrons. The number of amides is 2. The SMILES string of the molecule is CCC(NC(=O)c1c(C(N)=O)ccnc1C1CCCCC1)N1CCOCC1. The van der Waals surface area contributed by atoms with E-state index in [1.807, 2.05) is 6.92 Å². The van der Waals surface area contributed by atoms with Gasteiger partial charge in [-0.2, -0.15) is 0 Å². The Morgan fingerprint density at radius 3 is 2.63 bits per heavy atom. The molecule has 3 rings (SSSR count). The molecule has 7 nitrogen and oxygen atoms in total. The summed E-state index contributed by atoms with van der Waals surface area (Å²) in [5.41, 5.74) is 6.93. The van der Waals surface area contributed by atoms with Crippen molar-refractivity contribution in [3.05, 3.63) is 29.1 Å². The van der Waals surface area contributed by atoms with Gasteiger partial charge < -0.3 is 15.8 Å². The molecule has 0 bridgehead atoms. The zero-order chi connectivity index (χ0) is 19.2. The van der Waals surface area contributed by atoms with Crippen molar-refractivity contribution in [3.8, 4) is 0 Å². The fourth-order valence-corrected chi connectivity index (χ4v) is 4.17. The van der Waals surface area contributed by atoms with E-state index in [2.05, 4.69) is 15.2 Å². The van der Waals surface area contributed by atoms with Crippen molar-refractivity contribution < 1.29 is 14.3 Å². The Morgan fingerprint density at radius 1 is 1.30 bits per heavy atom. The summed E-state index contributed by atoms with van der Waals surface area (Å²) < 4.78 is 5.41. The molecule has 1 saturated carbocycles. The summed E-state index contributed by atoms with van der Waals surface area (Å²) in [6.45, 7) is 4.94. The summed E-state index contributed by atoms with van der Waals surface area (Å²) in [6, 6.07) is 1.55. The molecule has 3 N–H and O–H groups in total. The average molecular weight is 374 g/mol. The first-order chi connectivity index (χ1) is 13.1. The van der Waals surface area contributed by atoms with Crippen LogP contribution in [0.1, 0.15) is 77.8 Å². The summed E-state index contributed by atoms with van der Waals surface area (Å²) in [7, 11) is 0. The van der Waals surface area contributed by atoms with E-state index in [0.717, 1.165) is 50.9 Å². The number of nitrogens with one attached hydrogen (secondary N) is 1. The standard InChI is InChI=1S/C20H30N4O3/c1-2-16(24-10-12-27-13-11-24)23-20(26)17-15(19(21)25)8-9-22-18(17)14-6-4-3-5-7-14/h8-9,14,16H,2-7,10-13H2,1H3,(H2,21,25)(H,23,26). The zero-order valence-electron chi connectivity index (χ0n) is 16.1. The average Bonchev–Trinajstić information content (AvgIpc) is 2.72. The fourth-order valence-electron chi connectivity index (χ4n) is 4.17. The Bertz CT molecular complexity index is 667. The molecule has 1 aliphatic heterocycles. The molecule has 1 atom stereocenters. The molecule has 1 aromatic heterocycles. The molecule has 2 aliphatic rings. The molecule has 2 amide bonds. The highest BCUT2D eigenvalue weighted by molar-refractivity contribution is 6.07. The van der Waals surface area contributed by atoms with Gasteiger partial charge in [-0.25, -0.2) is 0 Å². The summed E-state index contributed by atoms with van der Waals surface area (Å²) in [6.07, 6.45) is 7.73. The summed E-state index contributed by atoms with van der Waals surface area (Å²) in [5, 5.41) is 3.11. The summed E-state index contributed by atoms with van der Waals surface area (Å²) in [5.74, 6) is -0.628. The van der Waals surface area contributed by atoms with Crippen LogP contribution in [0, 0.1) is 0 Å². The number of morpholine rings is 1. The molecular weight excluding hydrogens is 344 g/mol. The minimum absolute atomic E-state index is 0.0958. The highest BCUT2D eigenvalue weighted by Crippen LogP contribution is 2.34. The number of nitrogens with two attached hydrogens (primary N) is 1. The molecule has 1 aliphatic carbocycles. The van der Waals surface area contributed by atoms with E-state index in [1.165, 1.54) is 6.42 Å². The third kappa shape index (κ3) is 4.65. The van der Waals surface area contributed by atoms with Crippen molar-refractivity contribution in [3.63, 3.8) is 0 Å². The summed E-state index contributed by atoms with van der Waals surface area (Å²) in [4.78, 5) is 32.0. The molecule has 2 fully saturated rings. The van der Waals surface area contributed by atoms with Crippen LogP contribution in [-0.2, 0) is 4.74 Å². The Balaban J connectivity index is 1.88. The number of nitrogens with zero attached hydrogens (tertiary/aromatic N) is 2. The fraction of sp³-hybridized carbons (Fsp3) is 0.650. The number of carbonyl (C=O) groups excluding carboxylic acids is 2. The zero-order valence-corrected chi connectivity index (χ0v) is 16.1. The Labute approximate surface area is 160 Å². The van der Waals surface area contributed by atoms with Crippen molar-refractivity contribution in [2.75, 3.05) is 26.3 Å². The number of hydrogen-bond donors (Lipinski definition) is 2. The van der Waals surface area contributed by atoms with Gasteiger partial charge in [-0.15, -0.1) is 0 Å². The second-order valence-electron chi connectivity index (χ2n) is 7.36. The first-order valence-electron chi connectivity index (χ1n) is 10.0. The number of hydrogen-bond acceptors (Lipinski definition) is 5. The third-order valence-electron chi connectivity index (χ3n) is 5.64. The van der Waals surface area contributed by atoms with E-state index in [0.29, 0.717) is 18.8 Å². The predicted octanol–water partition coefficient (Wildman–Crippen LogP) is 2.03. The van der Waals surface area contributed by atoms with E-state index < -0.39 is 5.91 Å². The molecule has 27 heavy (non-hydrogen) atoms. The van der Waals surface area contributed by atoms with Crippen LogP contribution in [0.25, 0.3) is 0 Å². The van der Waals surface area contributed by atoms with Crippen LogP contribution in [0.2, 0.25) is 0 Å². The maximum Gasteiger partial charge on any atom is 0.255 e. The highest BCUT2D eigenvalue weighted by atomic mass is 16.5. The minimum Gasteiger partial charge on any atom is -0.379 e. The number of primary amides is 1. The van der Waals surface area contributed by atoms with Crippen LogP contribution in [0.5, 0.6) is 0 Å². The molecule has 0 aromatic carbocycles. The number of ether oxygens (including phenoxy) is 1. The second-order valence-corrected chi connectivity index (χ2v) is 7.36. The lowest BCUT2D eigenvalue weighted by Gasteiger charge is -2.34. The van der Waals surface area contributed by atoms with Crippen LogP contribution in [0.4, 0.5) is 0 Å². The second kappa shape index (κ2) is 9.28. The molecule has 148 valence electrons. The Hall–Kier alpha value is -1.99. The first-order valence-corrected chi connectivity index (χ1v) is 10.0.